The zero-order valence-corrected chi connectivity index (χ0v) is 91.5. The Balaban J connectivity index is 1.43. The van der Waals surface area contributed by atoms with Crippen LogP contribution in [0.15, 0.2) is 121 Å². The monoisotopic (exact) mass is 2010 g/mol. The molecule has 0 radical (unpaired) electrons. The van der Waals surface area contributed by atoms with Crippen LogP contribution in [0.4, 0.5) is 0 Å². The lowest BCUT2D eigenvalue weighted by atomic mass is 9.94. The summed E-state index contributed by atoms with van der Waals surface area (Å²) in [5.41, 5.74) is 3.35. The van der Waals surface area contributed by atoms with Gasteiger partial charge in [-0.1, -0.05) is 510 Å². The fourth-order valence-electron chi connectivity index (χ4n) is 20.0. The number of unbranched alkanes of at least 4 members (excludes halogenated alkanes) is 54. The van der Waals surface area contributed by atoms with Crippen LogP contribution in [0.3, 0.4) is 0 Å². The zero-order valence-electron chi connectivity index (χ0n) is 91.5. The first-order chi connectivity index (χ1) is 70.7. The number of rotatable bonds is 94. The Bertz CT molecular complexity index is 3710. The van der Waals surface area contributed by atoms with E-state index in [-0.39, 0.29) is 96.1 Å². The molecule has 0 saturated carbocycles. The first-order valence-corrected chi connectivity index (χ1v) is 59.3. The first kappa shape index (κ1) is 126. The number of carbonyl (C=O) groups excluding carboxylic acids is 6. The van der Waals surface area contributed by atoms with Crippen LogP contribution in [0.1, 0.15) is 507 Å². The number of benzene rings is 4. The summed E-state index contributed by atoms with van der Waals surface area (Å²) in [4.78, 5) is 89.5. The van der Waals surface area contributed by atoms with Gasteiger partial charge in [0.25, 0.3) is 0 Å². The van der Waals surface area contributed by atoms with Crippen LogP contribution in [0.2, 0.25) is 0 Å². The molecule has 818 valence electrons. The van der Waals surface area contributed by atoms with Crippen molar-refractivity contribution in [2.75, 3.05) is 13.2 Å². The molecule has 6 rings (SSSR count). The third-order valence-electron chi connectivity index (χ3n) is 28.8. The van der Waals surface area contributed by atoms with Crippen molar-refractivity contribution in [3.05, 3.63) is 144 Å². The summed E-state index contributed by atoms with van der Waals surface area (Å²) in [6.45, 7) is 13.1. The number of nitrogens with one attached hydrogen (secondary N) is 2. The van der Waals surface area contributed by atoms with Gasteiger partial charge in [-0.3, -0.25) is 28.8 Å². The summed E-state index contributed by atoms with van der Waals surface area (Å²) in [7, 11) is 0. The highest BCUT2D eigenvalue weighted by Gasteiger charge is 2.53. The van der Waals surface area contributed by atoms with Crippen molar-refractivity contribution in [3.8, 4) is 0 Å². The largest absolute Gasteiger partial charge is 0.462 e. The number of hydrogen-bond donors (Lipinski definition) is 3. The van der Waals surface area contributed by atoms with Crippen LogP contribution in [0.5, 0.6) is 0 Å². The molecule has 0 spiro atoms. The van der Waals surface area contributed by atoms with Gasteiger partial charge in [-0.25, -0.2) is 0 Å². The molecule has 0 bridgehead atoms. The van der Waals surface area contributed by atoms with E-state index in [9.17, 15) is 19.5 Å². The molecule has 20 heteroatoms. The van der Waals surface area contributed by atoms with E-state index in [1.807, 2.05) is 121 Å². The van der Waals surface area contributed by atoms with E-state index in [1.54, 1.807) is 0 Å². The standard InChI is InChI=1S/C124H204N2O18/c1-7-13-19-25-31-37-40-46-52-58-76-90-113(129)139-106(87-73-55-49-43-34-28-22-16-10-4)93-111(127)125-117-121(144-116(132)95-108(89-75-57-51-45-36-30-24-18-12-6)141-115(131)92-78-60-54-48-42-39-33-27-21-15-9-3)119(133)109(100-134-96-102-79-65-61-66-80-102)142-123(117)138-101-110-120(135-97-103-81-67-62-68-82-103)122(136-98-104-83-69-63-70-84-104)118(124(143-110)137-99-105-85-71-64-72-86-105)126-112(128)94-107(88-74-56-50-44-35-29-23-17-11-5)140-114(130)91-77-59-53-47-41-38-32-26-20-14-8-2/h61-72,79-86,106-110,117-124,133H,7-60,73-78,87-101H2,1-6H3,(H,125,127)(H,126,128)/t106-,107-,108-,109-,110-,117+,118+,119-,120-,121-,122-,123-,124+/m1/s1. The summed E-state index contributed by atoms with van der Waals surface area (Å²) in [6.07, 6.45) is 54.9. The number of aliphatic hydroxyl groups excluding tert-OH is 1. The van der Waals surface area contributed by atoms with Gasteiger partial charge in [0.1, 0.15) is 60.9 Å². The normalized spacial score (nSPS) is 18.5. The molecule has 2 aliphatic rings. The second kappa shape index (κ2) is 86.1. The van der Waals surface area contributed by atoms with Crippen molar-refractivity contribution in [1.82, 2.24) is 10.6 Å². The zero-order chi connectivity index (χ0) is 103. The smallest absolute Gasteiger partial charge is 0.310 e. The number of amides is 2. The molecule has 144 heavy (non-hydrogen) atoms. The van der Waals surface area contributed by atoms with Gasteiger partial charge in [-0.05, 0) is 80.0 Å². The van der Waals surface area contributed by atoms with Crippen LogP contribution in [0.25, 0.3) is 0 Å². The molecule has 0 unspecified atom stereocenters. The number of ether oxygens (including phenoxy) is 11. The second-order valence-corrected chi connectivity index (χ2v) is 42.0. The molecule has 2 fully saturated rings. The molecule has 4 aromatic rings. The quantitative estimate of drug-likeness (QED) is 0.0211. The SMILES string of the molecule is CCCCCCCCCCCCCC(=O)O[C@H](CCCCCCCCCCC)CC(=O)N[C@@H]1[C@@H](OCc2ccccc2)O[C@H](CO[C@@H]2O[C@H](COCc3ccccc3)[C@@H](O)[C@H](OC(=O)C[C@@H](CCCCCCCCCCC)OC(=O)CCCCCCCCCCCCC)[C@@H]2NC(=O)C[C@@H](CCCCCCCCCCC)OC(=O)CCCCCCCCCCCCC)[C@@H](OCc2ccccc2)[C@@H]1OCc1ccccc1. The topological polar surface area (TPSA) is 248 Å². The Hall–Kier alpha value is -6.62. The predicted molar refractivity (Wildman–Crippen MR) is 583 cm³/mol. The third-order valence-corrected chi connectivity index (χ3v) is 28.8. The second-order valence-electron chi connectivity index (χ2n) is 42.0. The van der Waals surface area contributed by atoms with Gasteiger partial charge in [-0.15, -0.1) is 0 Å². The Labute approximate surface area is 874 Å². The lowest BCUT2D eigenvalue weighted by Gasteiger charge is -2.47. The number of hydrogen-bond acceptors (Lipinski definition) is 18. The fourth-order valence-corrected chi connectivity index (χ4v) is 20.0. The van der Waals surface area contributed by atoms with Gasteiger partial charge >= 0.3 is 23.9 Å². The molecular formula is C124H204N2O18. The van der Waals surface area contributed by atoms with E-state index in [1.165, 1.54) is 218 Å². The van der Waals surface area contributed by atoms with Gasteiger partial charge in [0.15, 0.2) is 18.7 Å². The average molecular weight is 2010 g/mol. The van der Waals surface area contributed by atoms with Crippen molar-refractivity contribution >= 4 is 35.7 Å². The van der Waals surface area contributed by atoms with Gasteiger partial charge < -0.3 is 67.8 Å². The van der Waals surface area contributed by atoms with Crippen LogP contribution in [0, 0.1) is 0 Å². The summed E-state index contributed by atoms with van der Waals surface area (Å²) < 4.78 is 75.8. The van der Waals surface area contributed by atoms with Crippen LogP contribution in [-0.4, -0.2) is 134 Å². The highest BCUT2D eigenvalue weighted by atomic mass is 16.7. The highest BCUT2D eigenvalue weighted by Crippen LogP contribution is 2.35. The molecule has 13 atom stereocenters. The van der Waals surface area contributed by atoms with E-state index in [0.29, 0.717) is 51.4 Å². The minimum Gasteiger partial charge on any atom is -0.462 e. The maximum atomic E-state index is 15.8. The average Bonchev–Trinajstić information content (AvgIpc) is 0.777. The Morgan fingerprint density at radius 2 is 0.528 bits per heavy atom. The van der Waals surface area contributed by atoms with Crippen LogP contribution < -0.4 is 10.6 Å². The Kier molecular flexibility index (Phi) is 75.4. The Morgan fingerprint density at radius 3 is 0.847 bits per heavy atom. The number of carbonyl (C=O) groups is 6. The van der Waals surface area contributed by atoms with E-state index < -0.39 is 97.4 Å². The van der Waals surface area contributed by atoms with E-state index in [0.717, 1.165) is 157 Å². The van der Waals surface area contributed by atoms with Crippen molar-refractivity contribution < 1.29 is 86.0 Å². The van der Waals surface area contributed by atoms with Crippen LogP contribution in [-0.2, 0) is 107 Å². The van der Waals surface area contributed by atoms with E-state index in [4.69, 9.17) is 52.1 Å². The maximum Gasteiger partial charge on any atom is 0.310 e. The van der Waals surface area contributed by atoms with Gasteiger partial charge in [0, 0.05) is 19.3 Å². The molecule has 20 nitrogen and oxygen atoms in total. The molecule has 2 saturated heterocycles. The van der Waals surface area contributed by atoms with Gasteiger partial charge in [0.05, 0.1) is 58.9 Å². The van der Waals surface area contributed by atoms with Crippen LogP contribution >= 0.6 is 0 Å². The predicted octanol–water partition coefficient (Wildman–Crippen LogP) is 31.1. The molecule has 2 aliphatic heterocycles. The molecule has 3 N–H and O–H groups in total. The fraction of sp³-hybridized carbons (Fsp3) is 0.758. The maximum absolute atomic E-state index is 15.8. The summed E-state index contributed by atoms with van der Waals surface area (Å²) in [5.74, 6) is -2.79. The first-order valence-electron chi connectivity index (χ1n) is 59.3. The summed E-state index contributed by atoms with van der Waals surface area (Å²) >= 11 is 0. The summed E-state index contributed by atoms with van der Waals surface area (Å²) in [6, 6.07) is 36.3. The number of aliphatic hydroxyl groups is 1. The number of esters is 4. The minimum atomic E-state index is -1.66. The highest BCUT2D eigenvalue weighted by molar-refractivity contribution is 5.79. The third kappa shape index (κ3) is 61.5. The molecular weight excluding hydrogens is 1810 g/mol. The minimum absolute atomic E-state index is 0.0349. The lowest BCUT2D eigenvalue weighted by molar-refractivity contribution is -0.315. The summed E-state index contributed by atoms with van der Waals surface area (Å²) in [5, 5.41) is 19.8. The molecule has 0 aliphatic carbocycles. The van der Waals surface area contributed by atoms with Crippen molar-refractivity contribution in [1.29, 1.82) is 0 Å². The molecule has 2 heterocycles. The van der Waals surface area contributed by atoms with Gasteiger partial charge in [0.2, 0.25) is 11.8 Å². The van der Waals surface area contributed by atoms with Crippen molar-refractivity contribution in [2.24, 2.45) is 0 Å². The van der Waals surface area contributed by atoms with E-state index in [2.05, 4.69) is 52.2 Å². The molecule has 2 amide bonds. The van der Waals surface area contributed by atoms with Crippen molar-refractivity contribution in [2.45, 2.75) is 591 Å². The van der Waals surface area contributed by atoms with E-state index >= 15 is 14.4 Å². The Morgan fingerprint density at radius 1 is 0.271 bits per heavy atom. The lowest BCUT2D eigenvalue weighted by Crippen LogP contribution is -2.68. The molecule has 4 aromatic carbocycles. The molecule has 0 aromatic heterocycles. The van der Waals surface area contributed by atoms with Gasteiger partial charge in [-0.2, -0.15) is 0 Å². The van der Waals surface area contributed by atoms with Crippen molar-refractivity contribution in [3.63, 3.8) is 0 Å².